The lowest BCUT2D eigenvalue weighted by molar-refractivity contribution is 0.185. The minimum atomic E-state index is 0.628. The van der Waals surface area contributed by atoms with E-state index in [-0.39, 0.29) is 0 Å². The predicted octanol–water partition coefficient (Wildman–Crippen LogP) is 3.50. The molecule has 1 N–H and O–H groups in total. The zero-order chi connectivity index (χ0) is 12.7. The van der Waals surface area contributed by atoms with Gasteiger partial charge in [-0.15, -0.1) is 0 Å². The Morgan fingerprint density at radius 2 is 1.89 bits per heavy atom. The second-order valence-electron chi connectivity index (χ2n) is 6.02. The van der Waals surface area contributed by atoms with Gasteiger partial charge in [-0.1, -0.05) is 19.1 Å². The number of hydrogen-bond donors (Lipinski definition) is 1. The van der Waals surface area contributed by atoms with Crippen LogP contribution in [0.2, 0.25) is 0 Å². The third-order valence-corrected chi connectivity index (χ3v) is 4.76. The molecule has 1 saturated heterocycles. The summed E-state index contributed by atoms with van der Waals surface area (Å²) >= 11 is 0. The average molecular weight is 244 g/mol. The summed E-state index contributed by atoms with van der Waals surface area (Å²) in [5.74, 6) is 0.706. The average Bonchev–Trinajstić information content (AvgIpc) is 2.87. The summed E-state index contributed by atoms with van der Waals surface area (Å²) in [6.45, 7) is 10.5. The van der Waals surface area contributed by atoms with Crippen LogP contribution in [0.1, 0.15) is 42.5 Å². The van der Waals surface area contributed by atoms with Crippen LogP contribution in [0.5, 0.6) is 0 Å². The van der Waals surface area contributed by atoms with Gasteiger partial charge in [0, 0.05) is 18.3 Å². The topological polar surface area (TPSA) is 15.3 Å². The maximum atomic E-state index is 3.65. The number of anilines is 1. The van der Waals surface area contributed by atoms with Gasteiger partial charge in [0.05, 0.1) is 0 Å². The molecule has 98 valence electrons. The fourth-order valence-corrected chi connectivity index (χ4v) is 3.58. The summed E-state index contributed by atoms with van der Waals surface area (Å²) in [6.07, 6.45) is 2.74. The van der Waals surface area contributed by atoms with E-state index in [9.17, 15) is 0 Å². The smallest absolute Gasteiger partial charge is 0.0421 e. The molecule has 2 unspecified atom stereocenters. The number of aryl methyl sites for hydroxylation is 1. The van der Waals surface area contributed by atoms with Crippen LogP contribution in [-0.2, 0) is 0 Å². The zero-order valence-corrected chi connectivity index (χ0v) is 11.8. The highest BCUT2D eigenvalue weighted by Crippen LogP contribution is 2.41. The Morgan fingerprint density at radius 3 is 2.61 bits per heavy atom. The maximum Gasteiger partial charge on any atom is 0.0421 e. The van der Waals surface area contributed by atoms with E-state index >= 15 is 0 Å². The van der Waals surface area contributed by atoms with Crippen LogP contribution in [-0.4, -0.2) is 24.5 Å². The van der Waals surface area contributed by atoms with E-state index in [2.05, 4.69) is 43.1 Å². The number of hydrogen-bond acceptors (Lipinski definition) is 2. The highest BCUT2D eigenvalue weighted by atomic mass is 15.2. The fourth-order valence-electron chi connectivity index (χ4n) is 3.58. The van der Waals surface area contributed by atoms with Gasteiger partial charge in [0.2, 0.25) is 0 Å². The van der Waals surface area contributed by atoms with Gasteiger partial charge in [0.1, 0.15) is 0 Å². The van der Waals surface area contributed by atoms with Crippen molar-refractivity contribution in [1.29, 1.82) is 0 Å². The second-order valence-corrected chi connectivity index (χ2v) is 6.02. The summed E-state index contributed by atoms with van der Waals surface area (Å²) < 4.78 is 0. The highest BCUT2D eigenvalue weighted by Gasteiger charge is 2.33. The Labute approximate surface area is 110 Å². The van der Waals surface area contributed by atoms with Crippen LogP contribution >= 0.6 is 0 Å². The van der Waals surface area contributed by atoms with Crippen LogP contribution < -0.4 is 5.32 Å². The first-order chi connectivity index (χ1) is 8.68. The van der Waals surface area contributed by atoms with Gasteiger partial charge in [0.15, 0.2) is 0 Å². The molecular weight excluding hydrogens is 220 g/mol. The molecule has 1 aromatic rings. The number of nitrogens with zero attached hydrogens (tertiary/aromatic N) is 1. The SMILES string of the molecule is Cc1ccc2c(c1C)NCC(C)C2N1CCCC1. The molecule has 2 aliphatic rings. The Hall–Kier alpha value is -1.02. The van der Waals surface area contributed by atoms with Gasteiger partial charge in [-0.25, -0.2) is 0 Å². The van der Waals surface area contributed by atoms with Crippen molar-refractivity contribution in [2.45, 2.75) is 39.7 Å². The van der Waals surface area contributed by atoms with Crippen molar-refractivity contribution in [1.82, 2.24) is 4.90 Å². The number of likely N-dealkylation sites (tertiary alicyclic amines) is 1. The Morgan fingerprint density at radius 1 is 1.17 bits per heavy atom. The van der Waals surface area contributed by atoms with Crippen molar-refractivity contribution < 1.29 is 0 Å². The molecule has 18 heavy (non-hydrogen) atoms. The van der Waals surface area contributed by atoms with E-state index in [0.717, 1.165) is 6.54 Å². The molecule has 3 rings (SSSR count). The van der Waals surface area contributed by atoms with Gasteiger partial charge in [-0.05, 0) is 62.4 Å². The number of nitrogens with one attached hydrogen (secondary N) is 1. The lowest BCUT2D eigenvalue weighted by atomic mass is 9.86. The van der Waals surface area contributed by atoms with Gasteiger partial charge < -0.3 is 5.32 Å². The number of fused-ring (bicyclic) bond motifs is 1. The van der Waals surface area contributed by atoms with Crippen LogP contribution in [0.15, 0.2) is 12.1 Å². The molecule has 0 spiro atoms. The van der Waals surface area contributed by atoms with Crippen molar-refractivity contribution >= 4 is 5.69 Å². The van der Waals surface area contributed by atoms with Gasteiger partial charge in [-0.3, -0.25) is 4.90 Å². The Bertz CT molecular complexity index is 447. The first-order valence-electron chi connectivity index (χ1n) is 7.26. The molecule has 2 aliphatic heterocycles. The van der Waals surface area contributed by atoms with Crippen LogP contribution in [0.25, 0.3) is 0 Å². The third-order valence-electron chi connectivity index (χ3n) is 4.76. The fraction of sp³-hybridized carbons (Fsp3) is 0.625. The lowest BCUT2D eigenvalue weighted by Crippen LogP contribution is -2.37. The van der Waals surface area contributed by atoms with E-state index in [4.69, 9.17) is 0 Å². The summed E-state index contributed by atoms with van der Waals surface area (Å²) in [6, 6.07) is 5.27. The molecule has 2 heterocycles. The number of rotatable bonds is 1. The molecule has 1 fully saturated rings. The van der Waals surface area contributed by atoms with Crippen molar-refractivity contribution in [3.8, 4) is 0 Å². The summed E-state index contributed by atoms with van der Waals surface area (Å²) in [5.41, 5.74) is 5.77. The standard InChI is InChI=1S/C16H24N2/c1-11-6-7-14-15(13(11)3)17-10-12(2)16(14)18-8-4-5-9-18/h6-7,12,16-17H,4-5,8-10H2,1-3H3. The first-order valence-corrected chi connectivity index (χ1v) is 7.26. The highest BCUT2D eigenvalue weighted by molar-refractivity contribution is 5.62. The molecule has 0 bridgehead atoms. The van der Waals surface area contributed by atoms with Crippen molar-refractivity contribution in [3.05, 3.63) is 28.8 Å². The lowest BCUT2D eigenvalue weighted by Gasteiger charge is -2.39. The molecule has 0 amide bonds. The first kappa shape index (κ1) is 12.0. The number of benzene rings is 1. The molecule has 2 nitrogen and oxygen atoms in total. The van der Waals surface area contributed by atoms with Crippen LogP contribution in [0.3, 0.4) is 0 Å². The molecule has 1 aromatic carbocycles. The summed E-state index contributed by atoms with van der Waals surface area (Å²) in [4.78, 5) is 2.69. The van der Waals surface area contributed by atoms with Gasteiger partial charge in [0.25, 0.3) is 0 Å². The van der Waals surface area contributed by atoms with E-state index in [1.54, 1.807) is 0 Å². The summed E-state index contributed by atoms with van der Waals surface area (Å²) in [5, 5.41) is 3.65. The Kier molecular flexibility index (Phi) is 3.06. The van der Waals surface area contributed by atoms with Crippen LogP contribution in [0, 0.1) is 19.8 Å². The minimum absolute atomic E-state index is 0.628. The van der Waals surface area contributed by atoms with E-state index in [1.165, 1.54) is 48.3 Å². The van der Waals surface area contributed by atoms with Crippen molar-refractivity contribution in [2.75, 3.05) is 25.0 Å². The largest absolute Gasteiger partial charge is 0.384 e. The molecule has 0 aliphatic carbocycles. The maximum absolute atomic E-state index is 3.65. The van der Waals surface area contributed by atoms with Crippen LogP contribution in [0.4, 0.5) is 5.69 Å². The molecule has 0 saturated carbocycles. The Balaban J connectivity index is 2.03. The second kappa shape index (κ2) is 4.58. The zero-order valence-electron chi connectivity index (χ0n) is 11.8. The molecule has 0 radical (unpaired) electrons. The quantitative estimate of drug-likeness (QED) is 0.813. The molecule has 2 atom stereocenters. The van der Waals surface area contributed by atoms with Gasteiger partial charge in [-0.2, -0.15) is 0 Å². The monoisotopic (exact) mass is 244 g/mol. The molecular formula is C16H24N2. The normalized spacial score (nSPS) is 27.9. The third kappa shape index (κ3) is 1.83. The molecule has 2 heteroatoms. The van der Waals surface area contributed by atoms with E-state index < -0.39 is 0 Å². The van der Waals surface area contributed by atoms with Crippen molar-refractivity contribution in [3.63, 3.8) is 0 Å². The van der Waals surface area contributed by atoms with E-state index in [1.807, 2.05) is 0 Å². The van der Waals surface area contributed by atoms with Gasteiger partial charge >= 0.3 is 0 Å². The van der Waals surface area contributed by atoms with E-state index in [0.29, 0.717) is 12.0 Å². The minimum Gasteiger partial charge on any atom is -0.384 e. The predicted molar refractivity (Wildman–Crippen MR) is 77.1 cm³/mol. The summed E-state index contributed by atoms with van der Waals surface area (Å²) in [7, 11) is 0. The van der Waals surface area contributed by atoms with Crippen molar-refractivity contribution in [2.24, 2.45) is 5.92 Å². The molecule has 0 aromatic heterocycles.